The molecule has 2 N–H and O–H groups in total. The molecular formula is C18H18F2N2O4. The molecule has 0 heterocycles. The molecule has 0 aliphatic carbocycles. The number of hydrogen-bond acceptors (Lipinski definition) is 4. The second kappa shape index (κ2) is 9.47. The quantitative estimate of drug-likeness (QED) is 0.584. The molecule has 2 rings (SSSR count). The van der Waals surface area contributed by atoms with Crippen LogP contribution in [0.4, 0.5) is 14.5 Å². The van der Waals surface area contributed by atoms with Crippen molar-refractivity contribution in [3.05, 3.63) is 59.7 Å². The minimum atomic E-state index is -1.10. The van der Waals surface area contributed by atoms with Crippen LogP contribution in [0.3, 0.4) is 0 Å². The van der Waals surface area contributed by atoms with Crippen molar-refractivity contribution in [1.82, 2.24) is 5.32 Å². The van der Waals surface area contributed by atoms with Gasteiger partial charge >= 0.3 is 11.8 Å². The number of hydrogen-bond donors (Lipinski definition) is 2. The Balaban J connectivity index is 1.88. The standard InChI is InChI=1S/C18H18F2N2O4/c1-25-7-8-26-14-4-2-3-12(9-14)11-21-17(23)18(24)22-16-10-13(19)5-6-15(16)20/h2-6,9-10H,7-8,11H2,1H3,(H,21,23)(H,22,24). The Hall–Kier alpha value is -3.00. The van der Waals surface area contributed by atoms with E-state index < -0.39 is 29.1 Å². The van der Waals surface area contributed by atoms with E-state index in [1.807, 2.05) is 5.32 Å². The van der Waals surface area contributed by atoms with Crippen LogP contribution in [-0.2, 0) is 20.9 Å². The zero-order valence-electron chi connectivity index (χ0n) is 14.1. The lowest BCUT2D eigenvalue weighted by Gasteiger charge is -2.09. The minimum Gasteiger partial charge on any atom is -0.491 e. The van der Waals surface area contributed by atoms with Crippen LogP contribution < -0.4 is 15.4 Å². The van der Waals surface area contributed by atoms with Crippen molar-refractivity contribution in [2.45, 2.75) is 6.54 Å². The molecule has 0 spiro atoms. The van der Waals surface area contributed by atoms with Crippen molar-refractivity contribution in [2.75, 3.05) is 25.6 Å². The lowest BCUT2D eigenvalue weighted by molar-refractivity contribution is -0.136. The first-order valence-corrected chi connectivity index (χ1v) is 7.74. The first-order chi connectivity index (χ1) is 12.5. The number of carbonyl (C=O) groups excluding carboxylic acids is 2. The highest BCUT2D eigenvalue weighted by atomic mass is 19.1. The van der Waals surface area contributed by atoms with E-state index in [1.165, 1.54) is 0 Å². The average molecular weight is 364 g/mol. The molecule has 2 aromatic rings. The maximum Gasteiger partial charge on any atom is 0.313 e. The molecule has 2 amide bonds. The summed E-state index contributed by atoms with van der Waals surface area (Å²) in [4.78, 5) is 23.6. The maximum atomic E-state index is 13.5. The Labute approximate surface area is 149 Å². The highest BCUT2D eigenvalue weighted by Crippen LogP contribution is 2.15. The molecule has 2 aromatic carbocycles. The molecule has 8 heteroatoms. The van der Waals surface area contributed by atoms with Crippen LogP contribution in [-0.4, -0.2) is 32.1 Å². The van der Waals surface area contributed by atoms with Crippen LogP contribution in [0.5, 0.6) is 5.75 Å². The fourth-order valence-corrected chi connectivity index (χ4v) is 2.02. The Morgan fingerprint density at radius 3 is 2.62 bits per heavy atom. The van der Waals surface area contributed by atoms with Gasteiger partial charge in [0.25, 0.3) is 0 Å². The molecule has 138 valence electrons. The number of ether oxygens (including phenoxy) is 2. The number of carbonyl (C=O) groups is 2. The smallest absolute Gasteiger partial charge is 0.313 e. The largest absolute Gasteiger partial charge is 0.491 e. The summed E-state index contributed by atoms with van der Waals surface area (Å²) in [5.41, 5.74) is 0.302. The maximum absolute atomic E-state index is 13.5. The van der Waals surface area contributed by atoms with Gasteiger partial charge in [-0.2, -0.15) is 0 Å². The predicted molar refractivity (Wildman–Crippen MR) is 90.6 cm³/mol. The summed E-state index contributed by atoms with van der Waals surface area (Å²) in [5, 5.41) is 4.43. The van der Waals surface area contributed by atoms with Crippen LogP contribution in [0.15, 0.2) is 42.5 Å². The Kier molecular flexibility index (Phi) is 7.04. The van der Waals surface area contributed by atoms with E-state index >= 15 is 0 Å². The van der Waals surface area contributed by atoms with Crippen molar-refractivity contribution >= 4 is 17.5 Å². The summed E-state index contributed by atoms with van der Waals surface area (Å²) in [6, 6.07) is 9.51. The zero-order valence-corrected chi connectivity index (χ0v) is 14.1. The van der Waals surface area contributed by atoms with Gasteiger partial charge in [0.1, 0.15) is 24.0 Å². The van der Waals surface area contributed by atoms with E-state index in [9.17, 15) is 18.4 Å². The van der Waals surface area contributed by atoms with Gasteiger partial charge in [0, 0.05) is 19.7 Å². The monoisotopic (exact) mass is 364 g/mol. The van der Waals surface area contributed by atoms with Crippen LogP contribution >= 0.6 is 0 Å². The van der Waals surface area contributed by atoms with Crippen LogP contribution in [0.25, 0.3) is 0 Å². The number of benzene rings is 2. The van der Waals surface area contributed by atoms with E-state index in [1.54, 1.807) is 31.4 Å². The predicted octanol–water partition coefficient (Wildman–Crippen LogP) is 2.24. The van der Waals surface area contributed by atoms with Gasteiger partial charge in [-0.15, -0.1) is 0 Å². The summed E-state index contributed by atoms with van der Waals surface area (Å²) in [6.45, 7) is 0.894. The Bertz CT molecular complexity index is 784. The molecule has 0 bridgehead atoms. The van der Waals surface area contributed by atoms with Gasteiger partial charge in [0.2, 0.25) is 0 Å². The second-order valence-electron chi connectivity index (χ2n) is 5.25. The van der Waals surface area contributed by atoms with E-state index in [0.717, 1.165) is 18.2 Å². The third-order valence-corrected chi connectivity index (χ3v) is 3.29. The number of amides is 2. The molecule has 0 saturated carbocycles. The summed E-state index contributed by atoms with van der Waals surface area (Å²) >= 11 is 0. The number of halogens is 2. The SMILES string of the molecule is COCCOc1cccc(CNC(=O)C(=O)Nc2cc(F)ccc2F)c1. The van der Waals surface area contributed by atoms with Crippen molar-refractivity contribution in [1.29, 1.82) is 0 Å². The highest BCUT2D eigenvalue weighted by Gasteiger charge is 2.16. The normalized spacial score (nSPS) is 10.3. The number of nitrogens with one attached hydrogen (secondary N) is 2. The first kappa shape index (κ1) is 19.3. The lowest BCUT2D eigenvalue weighted by atomic mass is 10.2. The van der Waals surface area contributed by atoms with Gasteiger partial charge in [0.05, 0.1) is 12.3 Å². The highest BCUT2D eigenvalue weighted by molar-refractivity contribution is 6.39. The number of anilines is 1. The summed E-state index contributed by atoms with van der Waals surface area (Å²) in [6.07, 6.45) is 0. The van der Waals surface area contributed by atoms with Crippen molar-refractivity contribution in [3.8, 4) is 5.75 Å². The fraction of sp³-hybridized carbons (Fsp3) is 0.222. The molecule has 0 atom stereocenters. The molecule has 6 nitrogen and oxygen atoms in total. The van der Waals surface area contributed by atoms with Gasteiger partial charge in [0.15, 0.2) is 0 Å². The van der Waals surface area contributed by atoms with Gasteiger partial charge in [-0.25, -0.2) is 8.78 Å². The molecule has 26 heavy (non-hydrogen) atoms. The molecule has 0 radical (unpaired) electrons. The first-order valence-electron chi connectivity index (χ1n) is 7.74. The van der Waals surface area contributed by atoms with Crippen molar-refractivity contribution < 1.29 is 27.8 Å². The van der Waals surface area contributed by atoms with Gasteiger partial charge < -0.3 is 20.1 Å². The van der Waals surface area contributed by atoms with E-state index in [4.69, 9.17) is 9.47 Å². The topological polar surface area (TPSA) is 76.7 Å². The van der Waals surface area contributed by atoms with Crippen molar-refractivity contribution in [3.63, 3.8) is 0 Å². The third-order valence-electron chi connectivity index (χ3n) is 3.29. The van der Waals surface area contributed by atoms with E-state index in [2.05, 4.69) is 5.32 Å². The zero-order chi connectivity index (χ0) is 18.9. The number of rotatable bonds is 7. The summed E-state index contributed by atoms with van der Waals surface area (Å²) < 4.78 is 36.9. The third kappa shape index (κ3) is 5.82. The fourth-order valence-electron chi connectivity index (χ4n) is 2.02. The van der Waals surface area contributed by atoms with Gasteiger partial charge in [-0.05, 0) is 29.8 Å². The minimum absolute atomic E-state index is 0.0688. The van der Waals surface area contributed by atoms with Crippen LogP contribution in [0.1, 0.15) is 5.56 Å². The lowest BCUT2D eigenvalue weighted by Crippen LogP contribution is -2.35. The molecule has 0 fully saturated rings. The Morgan fingerprint density at radius 1 is 1.04 bits per heavy atom. The summed E-state index contributed by atoms with van der Waals surface area (Å²) in [5.74, 6) is -3.04. The molecule has 0 aliphatic heterocycles. The summed E-state index contributed by atoms with van der Waals surface area (Å²) in [7, 11) is 1.57. The Morgan fingerprint density at radius 2 is 1.85 bits per heavy atom. The van der Waals surface area contributed by atoms with Crippen LogP contribution in [0, 0.1) is 11.6 Å². The van der Waals surface area contributed by atoms with Crippen molar-refractivity contribution in [2.24, 2.45) is 0 Å². The van der Waals surface area contributed by atoms with E-state index in [-0.39, 0.29) is 6.54 Å². The molecule has 0 aromatic heterocycles. The van der Waals surface area contributed by atoms with Gasteiger partial charge in [-0.1, -0.05) is 12.1 Å². The molecule has 0 saturated heterocycles. The second-order valence-corrected chi connectivity index (χ2v) is 5.25. The van der Waals surface area contributed by atoms with Crippen LogP contribution in [0.2, 0.25) is 0 Å². The van der Waals surface area contributed by atoms with Gasteiger partial charge in [-0.3, -0.25) is 9.59 Å². The molecule has 0 unspecified atom stereocenters. The van der Waals surface area contributed by atoms with E-state index in [0.29, 0.717) is 24.5 Å². The molecular weight excluding hydrogens is 346 g/mol. The number of methoxy groups -OCH3 is 1. The molecule has 0 aliphatic rings. The average Bonchev–Trinajstić information content (AvgIpc) is 2.63.